The van der Waals surface area contributed by atoms with E-state index in [4.69, 9.17) is 17.0 Å². The summed E-state index contributed by atoms with van der Waals surface area (Å²) in [7, 11) is 1.70. The highest BCUT2D eigenvalue weighted by Gasteiger charge is 2.42. The Labute approximate surface area is 193 Å². The van der Waals surface area contributed by atoms with E-state index in [9.17, 15) is 0 Å². The lowest BCUT2D eigenvalue weighted by atomic mass is 10.0. The summed E-state index contributed by atoms with van der Waals surface area (Å²) in [6, 6.07) is 26.5. The largest absolute Gasteiger partial charge is 0.495 e. The van der Waals surface area contributed by atoms with Crippen molar-refractivity contribution in [3.05, 3.63) is 108 Å². The quantitative estimate of drug-likeness (QED) is 0.423. The predicted molar refractivity (Wildman–Crippen MR) is 131 cm³/mol. The highest BCUT2D eigenvalue weighted by atomic mass is 32.1. The van der Waals surface area contributed by atoms with Gasteiger partial charge in [-0.15, -0.1) is 0 Å². The maximum atomic E-state index is 5.86. The van der Waals surface area contributed by atoms with Gasteiger partial charge in [-0.05, 0) is 73.2 Å². The Morgan fingerprint density at radius 2 is 1.81 bits per heavy atom. The first kappa shape index (κ1) is 20.3. The van der Waals surface area contributed by atoms with Crippen molar-refractivity contribution >= 4 is 23.0 Å². The maximum Gasteiger partial charge on any atom is 0.174 e. The van der Waals surface area contributed by atoms with E-state index in [0.29, 0.717) is 5.11 Å². The molecule has 3 heterocycles. The Morgan fingerprint density at radius 3 is 2.59 bits per heavy atom. The molecule has 2 aromatic carbocycles. The standard InChI is InChI=1S/C26H24N4OS/c1-18-9-7-10-19(17-18)30-25(24(28-26(30)32)20-11-5-6-15-27-20)22-13-8-16-29(22)21-12-3-4-14-23(21)31-2/h3-17,24-25H,1-2H3,(H,28,32). The lowest BCUT2D eigenvalue weighted by Crippen LogP contribution is -2.30. The molecule has 1 N–H and O–H groups in total. The van der Waals surface area contributed by atoms with Crippen LogP contribution in [0.3, 0.4) is 0 Å². The monoisotopic (exact) mass is 440 g/mol. The second kappa shape index (κ2) is 8.48. The molecule has 0 amide bonds. The Balaban J connectivity index is 1.69. The minimum atomic E-state index is -0.104. The Morgan fingerprint density at radius 1 is 0.969 bits per heavy atom. The van der Waals surface area contributed by atoms with E-state index < -0.39 is 0 Å². The van der Waals surface area contributed by atoms with E-state index in [0.717, 1.165) is 28.5 Å². The molecule has 1 fully saturated rings. The molecule has 6 heteroatoms. The van der Waals surface area contributed by atoms with Gasteiger partial charge in [-0.1, -0.05) is 30.3 Å². The number of nitrogens with one attached hydrogen (secondary N) is 1. The molecule has 5 rings (SSSR count). The van der Waals surface area contributed by atoms with Crippen molar-refractivity contribution in [2.75, 3.05) is 12.0 Å². The zero-order chi connectivity index (χ0) is 22.1. The van der Waals surface area contributed by atoms with E-state index >= 15 is 0 Å². The third-order valence-corrected chi connectivity index (χ3v) is 6.12. The SMILES string of the molecule is COc1ccccc1-n1cccc1C1C(c2ccccn2)NC(=S)N1c1cccc(C)c1. The van der Waals surface area contributed by atoms with Crippen LogP contribution < -0.4 is 15.0 Å². The summed E-state index contributed by atoms with van der Waals surface area (Å²) >= 11 is 5.86. The highest BCUT2D eigenvalue weighted by molar-refractivity contribution is 7.80. The molecule has 0 spiro atoms. The third-order valence-electron chi connectivity index (χ3n) is 5.81. The molecule has 1 saturated heterocycles. The predicted octanol–water partition coefficient (Wildman–Crippen LogP) is 5.37. The van der Waals surface area contributed by atoms with Crippen LogP contribution in [0.5, 0.6) is 5.75 Å². The Bertz CT molecular complexity index is 1250. The molecule has 32 heavy (non-hydrogen) atoms. The van der Waals surface area contributed by atoms with Gasteiger partial charge in [-0.25, -0.2) is 0 Å². The van der Waals surface area contributed by atoms with Crippen LogP contribution in [-0.2, 0) is 0 Å². The minimum Gasteiger partial charge on any atom is -0.495 e. The molecule has 0 aliphatic carbocycles. The summed E-state index contributed by atoms with van der Waals surface area (Å²) in [6.07, 6.45) is 3.89. The normalized spacial score (nSPS) is 17.9. The van der Waals surface area contributed by atoms with Gasteiger partial charge in [0.1, 0.15) is 11.8 Å². The summed E-state index contributed by atoms with van der Waals surface area (Å²) in [4.78, 5) is 6.85. The fourth-order valence-electron chi connectivity index (χ4n) is 4.39. The summed E-state index contributed by atoms with van der Waals surface area (Å²) in [5.41, 5.74) is 5.27. The molecule has 2 atom stereocenters. The molecule has 160 valence electrons. The van der Waals surface area contributed by atoms with Crippen molar-refractivity contribution in [3.8, 4) is 11.4 Å². The Hall–Kier alpha value is -3.64. The van der Waals surface area contributed by atoms with Gasteiger partial charge in [0.05, 0.1) is 24.5 Å². The number of methoxy groups -OCH3 is 1. The first-order valence-corrected chi connectivity index (χ1v) is 11.0. The molecule has 0 saturated carbocycles. The van der Waals surface area contributed by atoms with Crippen molar-refractivity contribution in [1.82, 2.24) is 14.9 Å². The number of aryl methyl sites for hydroxylation is 1. The van der Waals surface area contributed by atoms with Crippen molar-refractivity contribution < 1.29 is 4.74 Å². The number of hydrogen-bond acceptors (Lipinski definition) is 3. The topological polar surface area (TPSA) is 42.3 Å². The molecule has 2 aromatic heterocycles. The lowest BCUT2D eigenvalue weighted by molar-refractivity contribution is 0.412. The van der Waals surface area contributed by atoms with Gasteiger partial charge in [0.2, 0.25) is 0 Å². The summed E-state index contributed by atoms with van der Waals surface area (Å²) in [5.74, 6) is 0.815. The molecule has 4 aromatic rings. The number of benzene rings is 2. The number of aromatic nitrogens is 2. The number of hydrogen-bond donors (Lipinski definition) is 1. The second-order valence-corrected chi connectivity index (χ2v) is 8.20. The zero-order valence-corrected chi connectivity index (χ0v) is 18.8. The van der Waals surface area contributed by atoms with E-state index in [1.165, 1.54) is 5.56 Å². The maximum absolute atomic E-state index is 5.86. The number of pyridine rings is 1. The lowest BCUT2D eigenvalue weighted by Gasteiger charge is -2.29. The van der Waals surface area contributed by atoms with Crippen LogP contribution in [0.1, 0.15) is 29.0 Å². The molecular formula is C26H24N4OS. The summed E-state index contributed by atoms with van der Waals surface area (Å²) in [6.45, 7) is 2.10. The van der Waals surface area contributed by atoms with Gasteiger partial charge in [0.25, 0.3) is 0 Å². The number of rotatable bonds is 5. The first-order valence-electron chi connectivity index (χ1n) is 10.6. The van der Waals surface area contributed by atoms with Crippen molar-refractivity contribution in [2.24, 2.45) is 0 Å². The van der Waals surface area contributed by atoms with E-state index in [1.54, 1.807) is 7.11 Å². The van der Waals surface area contributed by atoms with Crippen molar-refractivity contribution in [2.45, 2.75) is 19.0 Å². The van der Waals surface area contributed by atoms with Gasteiger partial charge >= 0.3 is 0 Å². The highest BCUT2D eigenvalue weighted by Crippen LogP contribution is 2.43. The van der Waals surface area contributed by atoms with Gasteiger partial charge in [-0.2, -0.15) is 0 Å². The molecule has 0 radical (unpaired) electrons. The van der Waals surface area contributed by atoms with Crippen molar-refractivity contribution in [1.29, 1.82) is 0 Å². The van der Waals surface area contributed by atoms with Crippen LogP contribution in [0.15, 0.2) is 91.3 Å². The van der Waals surface area contributed by atoms with Crippen LogP contribution in [0.25, 0.3) is 5.69 Å². The van der Waals surface area contributed by atoms with E-state index in [2.05, 4.69) is 75.4 Å². The number of para-hydroxylation sites is 2. The van der Waals surface area contributed by atoms with Crippen LogP contribution in [0.4, 0.5) is 5.69 Å². The minimum absolute atomic E-state index is 0.0980. The molecule has 5 nitrogen and oxygen atoms in total. The molecule has 1 aliphatic rings. The van der Waals surface area contributed by atoms with Crippen LogP contribution >= 0.6 is 12.2 Å². The van der Waals surface area contributed by atoms with Gasteiger partial charge < -0.3 is 19.5 Å². The van der Waals surface area contributed by atoms with E-state index in [-0.39, 0.29) is 12.1 Å². The zero-order valence-electron chi connectivity index (χ0n) is 18.0. The van der Waals surface area contributed by atoms with Crippen LogP contribution in [0.2, 0.25) is 0 Å². The molecular weight excluding hydrogens is 416 g/mol. The number of thiocarbonyl (C=S) groups is 1. The number of nitrogens with zero attached hydrogens (tertiary/aromatic N) is 3. The first-order chi connectivity index (χ1) is 15.7. The summed E-state index contributed by atoms with van der Waals surface area (Å²) < 4.78 is 7.84. The van der Waals surface area contributed by atoms with Gasteiger partial charge in [-0.3, -0.25) is 4.98 Å². The van der Waals surface area contributed by atoms with Gasteiger partial charge in [0, 0.05) is 23.8 Å². The fraction of sp³-hybridized carbons (Fsp3) is 0.154. The third kappa shape index (κ3) is 3.52. The van der Waals surface area contributed by atoms with Crippen molar-refractivity contribution in [3.63, 3.8) is 0 Å². The molecule has 1 aliphatic heterocycles. The summed E-state index contributed by atoms with van der Waals surface area (Å²) in [5, 5.41) is 4.22. The fourth-order valence-corrected chi connectivity index (χ4v) is 4.74. The van der Waals surface area contributed by atoms with Crippen LogP contribution in [0, 0.1) is 6.92 Å². The smallest absolute Gasteiger partial charge is 0.174 e. The average molecular weight is 441 g/mol. The average Bonchev–Trinajstić information content (AvgIpc) is 3.43. The van der Waals surface area contributed by atoms with Crippen LogP contribution in [-0.4, -0.2) is 21.8 Å². The van der Waals surface area contributed by atoms with Gasteiger partial charge in [0.15, 0.2) is 5.11 Å². The molecule has 2 unspecified atom stereocenters. The number of anilines is 1. The molecule has 0 bridgehead atoms. The Kier molecular flexibility index (Phi) is 5.37. The van der Waals surface area contributed by atoms with E-state index in [1.807, 2.05) is 42.6 Å². The number of ether oxygens (including phenoxy) is 1. The second-order valence-electron chi connectivity index (χ2n) is 7.81.